The molecule has 0 spiro atoms. The fourth-order valence-electron chi connectivity index (χ4n) is 3.09. The molecule has 0 saturated heterocycles. The van der Waals surface area contributed by atoms with Gasteiger partial charge in [0, 0.05) is 25.7 Å². The minimum atomic E-state index is -0.0441. The Balaban J connectivity index is 1.97. The maximum Gasteiger partial charge on any atom is 0.158 e. The largest absolute Gasteiger partial charge is 0.353 e. The van der Waals surface area contributed by atoms with Crippen LogP contribution in [0.2, 0.25) is 0 Å². The molecule has 1 aliphatic rings. The predicted octanol–water partition coefficient (Wildman–Crippen LogP) is 3.02. The van der Waals surface area contributed by atoms with E-state index in [1.165, 1.54) is 45.1 Å². The number of nitrogens with one attached hydrogen (secondary N) is 1. The standard InChI is InChI=1S/C17H36N2O2/c1-4-20-17(21-5-2)12-14-18-13-9-15-19(3)16-10-7-6-8-11-16/h16-18H,4-15H2,1-3H3. The molecule has 1 fully saturated rings. The molecular formula is C17H36N2O2. The summed E-state index contributed by atoms with van der Waals surface area (Å²) in [7, 11) is 2.29. The highest BCUT2D eigenvalue weighted by Crippen LogP contribution is 2.21. The van der Waals surface area contributed by atoms with Gasteiger partial charge in [-0.1, -0.05) is 19.3 Å². The van der Waals surface area contributed by atoms with Crippen LogP contribution >= 0.6 is 0 Å². The van der Waals surface area contributed by atoms with E-state index in [9.17, 15) is 0 Å². The number of rotatable bonds is 12. The molecule has 0 aliphatic heterocycles. The van der Waals surface area contributed by atoms with Crippen LogP contribution in [0.15, 0.2) is 0 Å². The molecule has 126 valence electrons. The Kier molecular flexibility index (Phi) is 11.1. The van der Waals surface area contributed by atoms with Crippen molar-refractivity contribution in [2.24, 2.45) is 0 Å². The highest BCUT2D eigenvalue weighted by molar-refractivity contribution is 4.73. The van der Waals surface area contributed by atoms with Crippen LogP contribution in [-0.2, 0) is 9.47 Å². The molecule has 1 N–H and O–H groups in total. The molecule has 0 bridgehead atoms. The Morgan fingerprint density at radius 2 is 1.71 bits per heavy atom. The lowest BCUT2D eigenvalue weighted by atomic mass is 9.94. The van der Waals surface area contributed by atoms with Gasteiger partial charge in [0.05, 0.1) is 0 Å². The molecule has 0 aromatic carbocycles. The minimum absolute atomic E-state index is 0.0441. The van der Waals surface area contributed by atoms with Crippen LogP contribution < -0.4 is 5.32 Å². The Bertz CT molecular complexity index is 227. The SMILES string of the molecule is CCOC(CCNCCCN(C)C1CCCCC1)OCC. The quantitative estimate of drug-likeness (QED) is 0.444. The maximum absolute atomic E-state index is 5.54. The van der Waals surface area contributed by atoms with Gasteiger partial charge in [-0.15, -0.1) is 0 Å². The van der Waals surface area contributed by atoms with Gasteiger partial charge < -0.3 is 19.7 Å². The van der Waals surface area contributed by atoms with Crippen LogP contribution in [0.1, 0.15) is 58.8 Å². The second-order valence-corrected chi connectivity index (χ2v) is 6.00. The molecule has 1 rings (SSSR count). The maximum atomic E-state index is 5.54. The fourth-order valence-corrected chi connectivity index (χ4v) is 3.09. The summed E-state index contributed by atoms with van der Waals surface area (Å²) in [5, 5.41) is 3.50. The molecule has 0 amide bonds. The average Bonchev–Trinajstić information content (AvgIpc) is 2.51. The zero-order valence-electron chi connectivity index (χ0n) is 14.4. The molecule has 1 aliphatic carbocycles. The first-order valence-corrected chi connectivity index (χ1v) is 8.92. The van der Waals surface area contributed by atoms with Crippen LogP contribution in [0.25, 0.3) is 0 Å². The number of hydrogen-bond acceptors (Lipinski definition) is 4. The number of hydrogen-bond donors (Lipinski definition) is 1. The lowest BCUT2D eigenvalue weighted by Gasteiger charge is -2.31. The van der Waals surface area contributed by atoms with E-state index < -0.39 is 0 Å². The van der Waals surface area contributed by atoms with Crippen LogP contribution in [0.3, 0.4) is 0 Å². The number of ether oxygens (including phenoxy) is 2. The molecule has 4 nitrogen and oxygen atoms in total. The molecule has 0 unspecified atom stereocenters. The van der Waals surface area contributed by atoms with Gasteiger partial charge in [-0.25, -0.2) is 0 Å². The molecule has 4 heteroatoms. The van der Waals surface area contributed by atoms with Gasteiger partial charge in [-0.2, -0.15) is 0 Å². The van der Waals surface area contributed by atoms with Gasteiger partial charge >= 0.3 is 0 Å². The summed E-state index contributed by atoms with van der Waals surface area (Å²) in [6.45, 7) is 8.73. The third-order valence-corrected chi connectivity index (χ3v) is 4.32. The van der Waals surface area contributed by atoms with Crippen LogP contribution in [0.5, 0.6) is 0 Å². The van der Waals surface area contributed by atoms with Crippen molar-refractivity contribution in [3.63, 3.8) is 0 Å². The third kappa shape index (κ3) is 8.77. The van der Waals surface area contributed by atoms with Gasteiger partial charge in [-0.05, 0) is 59.8 Å². The van der Waals surface area contributed by atoms with Crippen LogP contribution in [0.4, 0.5) is 0 Å². The van der Waals surface area contributed by atoms with Crippen molar-refractivity contribution in [1.82, 2.24) is 10.2 Å². The van der Waals surface area contributed by atoms with Gasteiger partial charge in [0.1, 0.15) is 0 Å². The highest BCUT2D eigenvalue weighted by atomic mass is 16.7. The predicted molar refractivity (Wildman–Crippen MR) is 88.6 cm³/mol. The van der Waals surface area contributed by atoms with Crippen molar-refractivity contribution < 1.29 is 9.47 Å². The zero-order chi connectivity index (χ0) is 15.3. The minimum Gasteiger partial charge on any atom is -0.353 e. The summed E-state index contributed by atoms with van der Waals surface area (Å²) in [5.41, 5.74) is 0. The van der Waals surface area contributed by atoms with Gasteiger partial charge in [0.2, 0.25) is 0 Å². The van der Waals surface area contributed by atoms with E-state index >= 15 is 0 Å². The molecule has 0 radical (unpaired) electrons. The smallest absolute Gasteiger partial charge is 0.158 e. The summed E-state index contributed by atoms with van der Waals surface area (Å²) in [4.78, 5) is 2.56. The first kappa shape index (κ1) is 18.9. The first-order valence-electron chi connectivity index (χ1n) is 8.92. The van der Waals surface area contributed by atoms with Crippen molar-refractivity contribution in [3.05, 3.63) is 0 Å². The third-order valence-electron chi connectivity index (χ3n) is 4.32. The molecule has 0 aromatic heterocycles. The highest BCUT2D eigenvalue weighted by Gasteiger charge is 2.17. The van der Waals surface area contributed by atoms with Gasteiger partial charge in [0.15, 0.2) is 6.29 Å². The van der Waals surface area contributed by atoms with E-state index in [4.69, 9.17) is 9.47 Å². The molecular weight excluding hydrogens is 264 g/mol. The van der Waals surface area contributed by atoms with Gasteiger partial charge in [0.25, 0.3) is 0 Å². The van der Waals surface area contributed by atoms with E-state index in [0.717, 1.165) is 38.8 Å². The second kappa shape index (κ2) is 12.4. The summed E-state index contributed by atoms with van der Waals surface area (Å²) in [5.74, 6) is 0. The molecule has 1 saturated carbocycles. The Labute approximate surface area is 131 Å². The van der Waals surface area contributed by atoms with Crippen molar-refractivity contribution >= 4 is 0 Å². The van der Waals surface area contributed by atoms with Crippen LogP contribution in [-0.4, -0.2) is 57.1 Å². The molecule has 0 aromatic rings. The van der Waals surface area contributed by atoms with E-state index in [2.05, 4.69) is 17.3 Å². The van der Waals surface area contributed by atoms with Crippen molar-refractivity contribution in [1.29, 1.82) is 0 Å². The monoisotopic (exact) mass is 300 g/mol. The summed E-state index contributed by atoms with van der Waals surface area (Å²) < 4.78 is 11.1. The first-order chi connectivity index (χ1) is 10.3. The fraction of sp³-hybridized carbons (Fsp3) is 1.00. The van der Waals surface area contributed by atoms with E-state index in [1.807, 2.05) is 13.8 Å². The Morgan fingerprint density at radius 1 is 1.05 bits per heavy atom. The Morgan fingerprint density at radius 3 is 2.33 bits per heavy atom. The van der Waals surface area contributed by atoms with Crippen LogP contribution in [0, 0.1) is 0 Å². The van der Waals surface area contributed by atoms with Crippen molar-refractivity contribution in [2.75, 3.05) is 39.9 Å². The molecule has 0 heterocycles. The van der Waals surface area contributed by atoms with Crippen molar-refractivity contribution in [3.8, 4) is 0 Å². The summed E-state index contributed by atoms with van der Waals surface area (Å²) in [6, 6.07) is 0.832. The summed E-state index contributed by atoms with van der Waals surface area (Å²) >= 11 is 0. The van der Waals surface area contributed by atoms with Crippen molar-refractivity contribution in [2.45, 2.75) is 71.1 Å². The van der Waals surface area contributed by atoms with Gasteiger partial charge in [-0.3, -0.25) is 0 Å². The number of nitrogens with zero attached hydrogens (tertiary/aromatic N) is 1. The average molecular weight is 300 g/mol. The van der Waals surface area contributed by atoms with E-state index in [1.54, 1.807) is 0 Å². The normalized spacial score (nSPS) is 17.0. The zero-order valence-corrected chi connectivity index (χ0v) is 14.4. The molecule has 0 atom stereocenters. The Hall–Kier alpha value is -0.160. The van der Waals surface area contributed by atoms with E-state index in [-0.39, 0.29) is 6.29 Å². The molecule has 21 heavy (non-hydrogen) atoms. The second-order valence-electron chi connectivity index (χ2n) is 6.00. The topological polar surface area (TPSA) is 33.7 Å². The van der Waals surface area contributed by atoms with E-state index in [0.29, 0.717) is 0 Å². The lowest BCUT2D eigenvalue weighted by molar-refractivity contribution is -0.138. The lowest BCUT2D eigenvalue weighted by Crippen LogP contribution is -2.35. The summed E-state index contributed by atoms with van der Waals surface area (Å²) in [6.07, 6.45) is 9.18.